The van der Waals surface area contributed by atoms with E-state index < -0.39 is 47.7 Å². The predicted molar refractivity (Wildman–Crippen MR) is 125 cm³/mol. The van der Waals surface area contributed by atoms with Crippen molar-refractivity contribution >= 4 is 21.9 Å². The lowest BCUT2D eigenvalue weighted by atomic mass is 10.00. The van der Waals surface area contributed by atoms with Crippen LogP contribution >= 0.6 is 0 Å². The van der Waals surface area contributed by atoms with Crippen molar-refractivity contribution in [1.82, 2.24) is 0 Å². The number of aliphatic hydroxyl groups excluding tert-OH is 3. The lowest BCUT2D eigenvalue weighted by molar-refractivity contribution is -0.268. The summed E-state index contributed by atoms with van der Waals surface area (Å²) in [5.41, 5.74) is -1.000. The highest BCUT2D eigenvalue weighted by molar-refractivity contribution is 5.97. The number of phenols is 1. The normalized spacial score (nSPS) is 24.2. The number of benzene rings is 2. The van der Waals surface area contributed by atoms with Crippen LogP contribution in [-0.2, 0) is 4.74 Å². The number of ether oxygens (including phenoxy) is 3. The van der Waals surface area contributed by atoms with E-state index in [0.29, 0.717) is 10.8 Å². The van der Waals surface area contributed by atoms with Gasteiger partial charge in [-0.3, -0.25) is 0 Å². The highest BCUT2D eigenvalue weighted by Crippen LogP contribution is 2.38. The average molecular weight is 498 g/mol. The van der Waals surface area contributed by atoms with Gasteiger partial charge in [0.05, 0.1) is 24.3 Å². The molecule has 3 heterocycles. The number of hydrogen-bond donors (Lipinski definition) is 4. The fraction of sp³-hybridized carbons (Fsp3) is 0.280. The molecule has 1 aliphatic rings. The largest absolute Gasteiger partial charge is 0.504 e. The van der Waals surface area contributed by atoms with Crippen LogP contribution in [0.1, 0.15) is 6.92 Å². The Kier molecular flexibility index (Phi) is 5.92. The van der Waals surface area contributed by atoms with E-state index in [1.54, 1.807) is 18.2 Å². The van der Waals surface area contributed by atoms with Gasteiger partial charge >= 0.3 is 11.3 Å². The molecule has 11 heteroatoms. The van der Waals surface area contributed by atoms with Crippen molar-refractivity contribution in [2.24, 2.45) is 0 Å². The quantitative estimate of drug-likeness (QED) is 0.301. The Hall–Kier alpha value is -3.90. The van der Waals surface area contributed by atoms with Gasteiger partial charge < -0.3 is 43.5 Å². The summed E-state index contributed by atoms with van der Waals surface area (Å²) in [5, 5.41) is 41.5. The molecule has 2 aromatic heterocycles. The van der Waals surface area contributed by atoms with Gasteiger partial charge in [0.15, 0.2) is 11.5 Å². The van der Waals surface area contributed by atoms with Crippen LogP contribution in [0, 0.1) is 0 Å². The zero-order valence-corrected chi connectivity index (χ0v) is 19.1. The van der Waals surface area contributed by atoms with E-state index >= 15 is 0 Å². The molecule has 1 saturated heterocycles. The first-order chi connectivity index (χ1) is 17.2. The molecule has 0 amide bonds. The minimum absolute atomic E-state index is 0.0251. The summed E-state index contributed by atoms with van der Waals surface area (Å²) in [6.45, 7) is 1.49. The molecule has 0 aliphatic carbocycles. The van der Waals surface area contributed by atoms with E-state index in [4.69, 9.17) is 23.0 Å². The van der Waals surface area contributed by atoms with Crippen LogP contribution < -0.4 is 20.7 Å². The van der Waals surface area contributed by atoms with Gasteiger partial charge in [0.2, 0.25) is 6.29 Å². The molecule has 0 bridgehead atoms. The fourth-order valence-electron chi connectivity index (χ4n) is 4.18. The van der Waals surface area contributed by atoms with Crippen molar-refractivity contribution < 1.29 is 43.5 Å². The number of methoxy groups -OCH3 is 1. The van der Waals surface area contributed by atoms with E-state index in [1.807, 2.05) is 0 Å². The van der Waals surface area contributed by atoms with E-state index in [-0.39, 0.29) is 33.8 Å². The maximum Gasteiger partial charge on any atom is 0.344 e. The Morgan fingerprint density at radius 2 is 1.61 bits per heavy atom. The Balaban J connectivity index is 1.63. The van der Waals surface area contributed by atoms with Crippen molar-refractivity contribution in [3.8, 4) is 28.4 Å². The number of fused-ring (bicyclic) bond motifs is 2. The van der Waals surface area contributed by atoms with Gasteiger partial charge in [0.1, 0.15) is 35.2 Å². The molecule has 11 nitrogen and oxygen atoms in total. The number of aromatic hydroxyl groups is 1. The molecule has 5 rings (SSSR count). The van der Waals surface area contributed by atoms with E-state index in [2.05, 4.69) is 0 Å². The maximum atomic E-state index is 12.9. The van der Waals surface area contributed by atoms with Gasteiger partial charge in [-0.15, -0.1) is 0 Å². The van der Waals surface area contributed by atoms with Crippen LogP contribution in [0.5, 0.6) is 17.2 Å². The molecule has 0 spiro atoms. The Labute approximate surface area is 202 Å². The molecule has 5 atom stereocenters. The molecule has 0 saturated carbocycles. The first-order valence-electron chi connectivity index (χ1n) is 11.0. The smallest absolute Gasteiger partial charge is 0.344 e. The van der Waals surface area contributed by atoms with Crippen LogP contribution in [0.3, 0.4) is 0 Å². The van der Waals surface area contributed by atoms with Crippen molar-refractivity contribution in [2.75, 3.05) is 7.11 Å². The number of aliphatic hydroxyl groups is 3. The zero-order valence-electron chi connectivity index (χ0n) is 19.1. The molecule has 1 fully saturated rings. The second-order valence-corrected chi connectivity index (χ2v) is 8.42. The van der Waals surface area contributed by atoms with Crippen molar-refractivity contribution in [2.45, 2.75) is 37.6 Å². The first kappa shape index (κ1) is 23.8. The van der Waals surface area contributed by atoms with Gasteiger partial charge in [0, 0.05) is 22.9 Å². The Morgan fingerprint density at radius 1 is 0.861 bits per heavy atom. The maximum absolute atomic E-state index is 12.9. The summed E-state index contributed by atoms with van der Waals surface area (Å²) >= 11 is 0. The molecule has 1 aliphatic heterocycles. The second kappa shape index (κ2) is 8.95. The van der Waals surface area contributed by atoms with Crippen LogP contribution in [0.25, 0.3) is 33.1 Å². The third-order valence-electron chi connectivity index (χ3n) is 6.11. The van der Waals surface area contributed by atoms with E-state index in [9.17, 15) is 30.0 Å². The first-order valence-corrected chi connectivity index (χ1v) is 11.0. The van der Waals surface area contributed by atoms with E-state index in [0.717, 1.165) is 6.07 Å². The third-order valence-corrected chi connectivity index (χ3v) is 6.11. The highest BCUT2D eigenvalue weighted by Gasteiger charge is 2.43. The summed E-state index contributed by atoms with van der Waals surface area (Å²) in [6.07, 6.45) is -6.70. The molecular formula is C25H22O11. The molecular weight excluding hydrogens is 476 g/mol. The van der Waals surface area contributed by atoms with Crippen LogP contribution in [0.2, 0.25) is 0 Å². The summed E-state index contributed by atoms with van der Waals surface area (Å²) < 4.78 is 27.2. The topological polar surface area (TPSA) is 169 Å². The number of rotatable bonds is 4. The van der Waals surface area contributed by atoms with Crippen molar-refractivity contribution in [3.05, 3.63) is 63.3 Å². The molecule has 0 radical (unpaired) electrons. The van der Waals surface area contributed by atoms with E-state index in [1.165, 1.54) is 32.2 Å². The monoisotopic (exact) mass is 498 g/mol. The van der Waals surface area contributed by atoms with Gasteiger partial charge in [-0.1, -0.05) is 0 Å². The van der Waals surface area contributed by atoms with Crippen molar-refractivity contribution in [3.63, 3.8) is 0 Å². The summed E-state index contributed by atoms with van der Waals surface area (Å²) in [4.78, 5) is 24.8. The second-order valence-electron chi connectivity index (χ2n) is 8.42. The Morgan fingerprint density at radius 3 is 2.36 bits per heavy atom. The average Bonchev–Trinajstić information content (AvgIpc) is 2.85. The van der Waals surface area contributed by atoms with Crippen LogP contribution in [0.4, 0.5) is 0 Å². The Bertz CT molecular complexity index is 1570. The van der Waals surface area contributed by atoms with Crippen molar-refractivity contribution in [1.29, 1.82) is 0 Å². The molecule has 5 unspecified atom stereocenters. The molecule has 4 aromatic rings. The fourth-order valence-corrected chi connectivity index (χ4v) is 4.18. The molecule has 4 N–H and O–H groups in total. The van der Waals surface area contributed by atoms with Gasteiger partial charge in [-0.05, 0) is 37.3 Å². The van der Waals surface area contributed by atoms with Gasteiger partial charge in [0.25, 0.3) is 0 Å². The minimum Gasteiger partial charge on any atom is -0.504 e. The number of phenolic OH excluding ortho intramolecular Hbond substituents is 1. The SMILES string of the molecule is COc1ccc2ccc(=O)oc2c1-c1cc2cc(OC3OC(C)C(O)C(O)C3O)c(O)cc2oc1=O. The van der Waals surface area contributed by atoms with Crippen LogP contribution in [-0.4, -0.2) is 58.2 Å². The zero-order chi connectivity index (χ0) is 25.7. The summed E-state index contributed by atoms with van der Waals surface area (Å²) in [6, 6.07) is 10.1. The minimum atomic E-state index is -1.60. The lowest BCUT2D eigenvalue weighted by Crippen LogP contribution is -2.58. The molecule has 2 aromatic carbocycles. The van der Waals surface area contributed by atoms with Crippen LogP contribution in [0.15, 0.2) is 60.9 Å². The third kappa shape index (κ3) is 3.97. The predicted octanol–water partition coefficient (Wildman–Crippen LogP) is 1.49. The molecule has 188 valence electrons. The molecule has 36 heavy (non-hydrogen) atoms. The van der Waals surface area contributed by atoms with Gasteiger partial charge in [-0.25, -0.2) is 9.59 Å². The standard InChI is InChI=1S/C25H22O11/c1-10-20(28)21(29)22(30)25(33-10)35-17-8-12-7-13(24(31)34-16(12)9-14(17)26)19-15(32-2)5-3-11-4-6-18(27)36-23(11)19/h3-10,20-22,25-26,28-30H,1-2H3. The summed E-state index contributed by atoms with van der Waals surface area (Å²) in [7, 11) is 1.40. The number of hydrogen-bond acceptors (Lipinski definition) is 11. The lowest BCUT2D eigenvalue weighted by Gasteiger charge is -2.38. The van der Waals surface area contributed by atoms with Gasteiger partial charge in [-0.2, -0.15) is 0 Å². The highest BCUT2D eigenvalue weighted by atomic mass is 16.7. The summed E-state index contributed by atoms with van der Waals surface area (Å²) in [5.74, 6) is -0.297.